The number of carbonyl (C=O) groups excluding carboxylic acids is 1. The standard InChI is InChI=1S/C7H9N3O2/c8-7(12)10-4-5-1-2-9-6(11)3-5/h1-3H,4H2,(H,9,11)(H3,8,10,12). The molecule has 0 aliphatic heterocycles. The predicted octanol–water partition coefficient (Wildman–Crippen LogP) is -0.457. The average molecular weight is 167 g/mol. The van der Waals surface area contributed by atoms with Crippen molar-refractivity contribution in [3.8, 4) is 0 Å². The van der Waals surface area contributed by atoms with Gasteiger partial charge in [-0.1, -0.05) is 0 Å². The second-order valence-corrected chi connectivity index (χ2v) is 2.28. The van der Waals surface area contributed by atoms with Crippen LogP contribution in [0, 0.1) is 0 Å². The number of urea groups is 1. The van der Waals surface area contributed by atoms with Crippen molar-refractivity contribution < 1.29 is 4.79 Å². The second kappa shape index (κ2) is 3.56. The first-order valence-electron chi connectivity index (χ1n) is 3.39. The third kappa shape index (κ3) is 2.45. The van der Waals surface area contributed by atoms with Crippen LogP contribution in [0.15, 0.2) is 23.1 Å². The molecule has 5 nitrogen and oxygen atoms in total. The average Bonchev–Trinajstić information content (AvgIpc) is 2.01. The van der Waals surface area contributed by atoms with Gasteiger partial charge in [0.1, 0.15) is 0 Å². The second-order valence-electron chi connectivity index (χ2n) is 2.28. The van der Waals surface area contributed by atoms with Gasteiger partial charge in [0.05, 0.1) is 0 Å². The van der Waals surface area contributed by atoms with Gasteiger partial charge in [-0.3, -0.25) is 4.79 Å². The smallest absolute Gasteiger partial charge is 0.312 e. The summed E-state index contributed by atoms with van der Waals surface area (Å²) in [7, 11) is 0. The lowest BCUT2D eigenvalue weighted by Gasteiger charge is -1.99. The van der Waals surface area contributed by atoms with Crippen LogP contribution < -0.4 is 16.6 Å². The summed E-state index contributed by atoms with van der Waals surface area (Å²) in [5.74, 6) is 0. The molecule has 0 bridgehead atoms. The van der Waals surface area contributed by atoms with Gasteiger partial charge >= 0.3 is 6.03 Å². The fourth-order valence-electron chi connectivity index (χ4n) is 0.788. The van der Waals surface area contributed by atoms with Gasteiger partial charge < -0.3 is 16.0 Å². The zero-order chi connectivity index (χ0) is 8.97. The Labute approximate surface area is 68.6 Å². The van der Waals surface area contributed by atoms with Gasteiger partial charge in [0, 0.05) is 18.8 Å². The first-order valence-corrected chi connectivity index (χ1v) is 3.39. The van der Waals surface area contributed by atoms with Crippen LogP contribution in [0.1, 0.15) is 5.56 Å². The summed E-state index contributed by atoms with van der Waals surface area (Å²) in [5, 5.41) is 2.38. The van der Waals surface area contributed by atoms with Crippen molar-refractivity contribution in [2.75, 3.05) is 0 Å². The van der Waals surface area contributed by atoms with Gasteiger partial charge in [-0.2, -0.15) is 0 Å². The van der Waals surface area contributed by atoms with Gasteiger partial charge in [0.25, 0.3) is 0 Å². The Bertz CT molecular complexity index is 331. The SMILES string of the molecule is NC(=O)NCc1cc[nH]c(=O)c1. The molecule has 0 atom stereocenters. The Morgan fingerprint density at radius 2 is 2.42 bits per heavy atom. The minimum atomic E-state index is -0.602. The van der Waals surface area contributed by atoms with E-state index in [1.807, 2.05) is 0 Å². The number of nitrogens with two attached hydrogens (primary N) is 1. The van der Waals surface area contributed by atoms with Crippen LogP contribution in [0.3, 0.4) is 0 Å². The van der Waals surface area contributed by atoms with Crippen molar-refractivity contribution in [3.05, 3.63) is 34.2 Å². The zero-order valence-electron chi connectivity index (χ0n) is 6.33. The Kier molecular flexibility index (Phi) is 2.47. The van der Waals surface area contributed by atoms with E-state index < -0.39 is 6.03 Å². The highest BCUT2D eigenvalue weighted by Gasteiger charge is 1.94. The van der Waals surface area contributed by atoms with E-state index in [1.54, 1.807) is 6.07 Å². The molecule has 64 valence electrons. The van der Waals surface area contributed by atoms with Gasteiger partial charge in [-0.05, 0) is 11.6 Å². The molecule has 1 aromatic rings. The highest BCUT2D eigenvalue weighted by atomic mass is 16.2. The molecule has 2 amide bonds. The maximum Gasteiger partial charge on any atom is 0.312 e. The molecular weight excluding hydrogens is 158 g/mol. The van der Waals surface area contributed by atoms with E-state index in [0.29, 0.717) is 0 Å². The van der Waals surface area contributed by atoms with Crippen molar-refractivity contribution in [2.24, 2.45) is 5.73 Å². The molecule has 0 aromatic carbocycles. The molecule has 0 spiro atoms. The van der Waals surface area contributed by atoms with Crippen LogP contribution in [0.4, 0.5) is 4.79 Å². The molecule has 12 heavy (non-hydrogen) atoms. The number of nitrogens with one attached hydrogen (secondary N) is 2. The van der Waals surface area contributed by atoms with Crippen molar-refractivity contribution in [2.45, 2.75) is 6.54 Å². The van der Waals surface area contributed by atoms with E-state index in [0.717, 1.165) is 5.56 Å². The molecule has 0 saturated heterocycles. The van der Waals surface area contributed by atoms with Crippen molar-refractivity contribution in [1.29, 1.82) is 0 Å². The van der Waals surface area contributed by atoms with Crippen molar-refractivity contribution in [3.63, 3.8) is 0 Å². The largest absolute Gasteiger partial charge is 0.352 e. The number of H-pyrrole nitrogens is 1. The molecular formula is C7H9N3O2. The lowest BCUT2D eigenvalue weighted by molar-refractivity contribution is 0.248. The summed E-state index contributed by atoms with van der Waals surface area (Å²) in [6, 6.07) is 2.49. The van der Waals surface area contributed by atoms with E-state index in [-0.39, 0.29) is 12.1 Å². The first-order chi connectivity index (χ1) is 5.68. The predicted molar refractivity (Wildman–Crippen MR) is 43.5 cm³/mol. The third-order valence-corrected chi connectivity index (χ3v) is 1.31. The quantitative estimate of drug-likeness (QED) is 0.556. The Morgan fingerprint density at radius 1 is 1.67 bits per heavy atom. The van der Waals surface area contributed by atoms with E-state index in [2.05, 4.69) is 10.3 Å². The number of aromatic nitrogens is 1. The Hall–Kier alpha value is -1.78. The summed E-state index contributed by atoms with van der Waals surface area (Å²) >= 11 is 0. The van der Waals surface area contributed by atoms with Crippen LogP contribution in [0.2, 0.25) is 0 Å². The summed E-state index contributed by atoms with van der Waals surface area (Å²) in [6.45, 7) is 0.277. The molecule has 0 saturated carbocycles. The van der Waals surface area contributed by atoms with E-state index in [9.17, 15) is 9.59 Å². The maximum atomic E-state index is 10.7. The summed E-state index contributed by atoms with van der Waals surface area (Å²) < 4.78 is 0. The highest BCUT2D eigenvalue weighted by Crippen LogP contribution is 1.90. The minimum absolute atomic E-state index is 0.196. The molecule has 1 rings (SSSR count). The number of hydrogen-bond donors (Lipinski definition) is 3. The van der Waals surface area contributed by atoms with E-state index in [4.69, 9.17) is 5.73 Å². The molecule has 0 aliphatic carbocycles. The maximum absolute atomic E-state index is 10.7. The Balaban J connectivity index is 2.64. The van der Waals surface area contributed by atoms with Crippen LogP contribution in [-0.4, -0.2) is 11.0 Å². The molecule has 0 fully saturated rings. The topological polar surface area (TPSA) is 88.0 Å². The third-order valence-electron chi connectivity index (χ3n) is 1.31. The normalized spacial score (nSPS) is 9.33. The minimum Gasteiger partial charge on any atom is -0.352 e. The number of carbonyl (C=O) groups is 1. The molecule has 1 heterocycles. The van der Waals surface area contributed by atoms with Crippen molar-refractivity contribution in [1.82, 2.24) is 10.3 Å². The number of rotatable bonds is 2. The highest BCUT2D eigenvalue weighted by molar-refractivity contribution is 5.71. The van der Waals surface area contributed by atoms with Gasteiger partial charge in [-0.15, -0.1) is 0 Å². The fourth-order valence-corrected chi connectivity index (χ4v) is 0.788. The van der Waals surface area contributed by atoms with Gasteiger partial charge in [0.15, 0.2) is 0 Å². The van der Waals surface area contributed by atoms with Crippen LogP contribution >= 0.6 is 0 Å². The number of primary amides is 1. The van der Waals surface area contributed by atoms with Gasteiger partial charge in [-0.25, -0.2) is 4.79 Å². The monoisotopic (exact) mass is 167 g/mol. The van der Waals surface area contributed by atoms with Crippen LogP contribution in [0.25, 0.3) is 0 Å². The lowest BCUT2D eigenvalue weighted by atomic mass is 10.3. The van der Waals surface area contributed by atoms with E-state index in [1.165, 1.54) is 12.3 Å². The summed E-state index contributed by atoms with van der Waals surface area (Å²) in [5.41, 5.74) is 5.37. The van der Waals surface area contributed by atoms with Gasteiger partial charge in [0.2, 0.25) is 5.56 Å². The molecule has 0 radical (unpaired) electrons. The number of hydrogen-bond acceptors (Lipinski definition) is 2. The summed E-state index contributed by atoms with van der Waals surface area (Å²) in [4.78, 5) is 23.5. The zero-order valence-corrected chi connectivity index (χ0v) is 6.33. The Morgan fingerprint density at radius 3 is 3.00 bits per heavy atom. The molecule has 0 aliphatic rings. The fraction of sp³-hybridized carbons (Fsp3) is 0.143. The number of pyridine rings is 1. The number of amides is 2. The first kappa shape index (κ1) is 8.32. The molecule has 1 aromatic heterocycles. The molecule has 0 unspecified atom stereocenters. The summed E-state index contributed by atoms with van der Waals surface area (Å²) in [6.07, 6.45) is 1.51. The van der Waals surface area contributed by atoms with E-state index >= 15 is 0 Å². The molecule has 5 heteroatoms. The molecule has 4 N–H and O–H groups in total. The van der Waals surface area contributed by atoms with Crippen LogP contribution in [-0.2, 0) is 6.54 Å². The lowest BCUT2D eigenvalue weighted by Crippen LogP contribution is -2.29. The number of aromatic amines is 1. The van der Waals surface area contributed by atoms with Crippen molar-refractivity contribution >= 4 is 6.03 Å². The van der Waals surface area contributed by atoms with Crippen LogP contribution in [0.5, 0.6) is 0 Å².